The lowest BCUT2D eigenvalue weighted by molar-refractivity contribution is -0.123. The molecule has 0 spiro atoms. The Kier molecular flexibility index (Phi) is 4.44. The number of nitrogens with two attached hydrogens (primary N) is 1. The van der Waals surface area contributed by atoms with Crippen molar-refractivity contribution in [3.63, 3.8) is 0 Å². The Morgan fingerprint density at radius 1 is 1.53 bits per heavy atom. The third-order valence-corrected chi connectivity index (χ3v) is 5.38. The maximum Gasteiger partial charge on any atom is 0.237 e. The van der Waals surface area contributed by atoms with Crippen LogP contribution in [0.15, 0.2) is 28.6 Å². The molecule has 0 fully saturated rings. The van der Waals surface area contributed by atoms with Crippen LogP contribution in [0.5, 0.6) is 0 Å². The van der Waals surface area contributed by atoms with E-state index in [9.17, 15) is 4.79 Å². The van der Waals surface area contributed by atoms with Gasteiger partial charge in [0, 0.05) is 5.75 Å². The van der Waals surface area contributed by atoms with Gasteiger partial charge in [-0.15, -0.1) is 11.3 Å². The van der Waals surface area contributed by atoms with Crippen LogP contribution in [0.3, 0.4) is 0 Å². The highest BCUT2D eigenvalue weighted by molar-refractivity contribution is 8.01. The number of hydrogen-bond acceptors (Lipinski definition) is 5. The number of nitrogens with one attached hydrogen (secondary N) is 1. The molecule has 3 N–H and O–H groups in total. The monoisotopic (exact) mass is 295 g/mol. The molecule has 0 bridgehead atoms. The summed E-state index contributed by atoms with van der Waals surface area (Å²) in [5.74, 6) is 0.486. The maximum absolute atomic E-state index is 11.4. The van der Waals surface area contributed by atoms with E-state index in [0.29, 0.717) is 6.42 Å². The zero-order valence-electron chi connectivity index (χ0n) is 11.0. The van der Waals surface area contributed by atoms with E-state index in [1.165, 1.54) is 4.70 Å². The number of carbonyl (C=O) groups excluding carboxylic acids is 1. The Labute approximate surface area is 120 Å². The molecule has 1 aromatic carbocycles. The summed E-state index contributed by atoms with van der Waals surface area (Å²) in [6, 6.07) is 8.08. The number of thioether (sulfide) groups is 1. The molecule has 1 amide bonds. The minimum atomic E-state index is -0.649. The molecule has 0 aliphatic rings. The van der Waals surface area contributed by atoms with E-state index in [2.05, 4.69) is 16.4 Å². The van der Waals surface area contributed by atoms with Gasteiger partial charge in [0.2, 0.25) is 5.91 Å². The fourth-order valence-electron chi connectivity index (χ4n) is 1.63. The number of primary amides is 1. The Bertz CT molecular complexity index is 551. The molecule has 1 heterocycles. The lowest BCUT2D eigenvalue weighted by Gasteiger charge is -2.24. The predicted molar refractivity (Wildman–Crippen MR) is 81.6 cm³/mol. The molecule has 0 radical (unpaired) electrons. The van der Waals surface area contributed by atoms with E-state index in [1.54, 1.807) is 30.1 Å². The number of aromatic nitrogens is 1. The van der Waals surface area contributed by atoms with Crippen molar-refractivity contribution in [1.82, 2.24) is 10.3 Å². The second-order valence-corrected chi connectivity index (χ2v) is 6.87. The molecule has 0 aliphatic carbocycles. The molecule has 1 atom stereocenters. The lowest BCUT2D eigenvalue weighted by atomic mass is 9.99. The fourth-order valence-corrected chi connectivity index (χ4v) is 3.93. The van der Waals surface area contributed by atoms with E-state index in [1.807, 2.05) is 25.1 Å². The van der Waals surface area contributed by atoms with Crippen LogP contribution >= 0.6 is 23.1 Å². The van der Waals surface area contributed by atoms with Gasteiger partial charge in [0.05, 0.1) is 15.8 Å². The number of carbonyl (C=O) groups is 1. The third-order valence-electron chi connectivity index (χ3n) is 3.20. The van der Waals surface area contributed by atoms with Crippen LogP contribution in [0.1, 0.15) is 13.3 Å². The van der Waals surface area contributed by atoms with Crippen molar-refractivity contribution < 1.29 is 4.79 Å². The smallest absolute Gasteiger partial charge is 0.237 e. The van der Waals surface area contributed by atoms with Crippen molar-refractivity contribution in [2.45, 2.75) is 23.2 Å². The SMILES string of the molecule is CNC(C)(CCSc1nc2ccccc2s1)C(N)=O. The van der Waals surface area contributed by atoms with Gasteiger partial charge in [-0.2, -0.15) is 0 Å². The van der Waals surface area contributed by atoms with Gasteiger partial charge in [-0.3, -0.25) is 4.79 Å². The molecule has 1 unspecified atom stereocenters. The number of para-hydroxylation sites is 1. The van der Waals surface area contributed by atoms with Gasteiger partial charge in [0.15, 0.2) is 4.34 Å². The number of likely N-dealkylation sites (N-methyl/N-ethyl adjacent to an activating group) is 1. The first-order valence-corrected chi connectivity index (χ1v) is 7.82. The normalized spacial score (nSPS) is 14.4. The van der Waals surface area contributed by atoms with Crippen LogP contribution in [-0.2, 0) is 4.79 Å². The summed E-state index contributed by atoms with van der Waals surface area (Å²) in [7, 11) is 1.76. The second kappa shape index (κ2) is 5.90. The first-order valence-electron chi connectivity index (χ1n) is 6.02. The van der Waals surface area contributed by atoms with E-state index >= 15 is 0 Å². The van der Waals surface area contributed by atoms with Crippen LogP contribution in [0.2, 0.25) is 0 Å². The van der Waals surface area contributed by atoms with Crippen molar-refractivity contribution in [2.75, 3.05) is 12.8 Å². The number of hydrogen-bond donors (Lipinski definition) is 2. The number of benzene rings is 1. The summed E-state index contributed by atoms with van der Waals surface area (Å²) in [6.07, 6.45) is 0.680. The minimum absolute atomic E-state index is 0.320. The number of nitrogens with zero attached hydrogens (tertiary/aromatic N) is 1. The Balaban J connectivity index is 1.97. The highest BCUT2D eigenvalue weighted by Crippen LogP contribution is 2.30. The Morgan fingerprint density at radius 3 is 2.89 bits per heavy atom. The zero-order chi connectivity index (χ0) is 13.9. The van der Waals surface area contributed by atoms with Crippen molar-refractivity contribution in [1.29, 1.82) is 0 Å². The van der Waals surface area contributed by atoms with Gasteiger partial charge < -0.3 is 11.1 Å². The van der Waals surface area contributed by atoms with Gasteiger partial charge in [0.25, 0.3) is 0 Å². The largest absolute Gasteiger partial charge is 0.368 e. The molecule has 102 valence electrons. The van der Waals surface area contributed by atoms with Crippen molar-refractivity contribution in [3.8, 4) is 0 Å². The maximum atomic E-state index is 11.4. The fraction of sp³-hybridized carbons (Fsp3) is 0.385. The summed E-state index contributed by atoms with van der Waals surface area (Å²) in [5.41, 5.74) is 5.78. The summed E-state index contributed by atoms with van der Waals surface area (Å²) in [6.45, 7) is 1.83. The van der Waals surface area contributed by atoms with Crippen molar-refractivity contribution in [3.05, 3.63) is 24.3 Å². The molecule has 0 saturated carbocycles. The highest BCUT2D eigenvalue weighted by Gasteiger charge is 2.28. The first kappa shape index (κ1) is 14.3. The lowest BCUT2D eigenvalue weighted by Crippen LogP contribution is -2.51. The molecular formula is C13H17N3OS2. The number of rotatable bonds is 6. The van der Waals surface area contributed by atoms with Crippen LogP contribution in [-0.4, -0.2) is 29.2 Å². The molecule has 19 heavy (non-hydrogen) atoms. The zero-order valence-corrected chi connectivity index (χ0v) is 12.6. The Hall–Kier alpha value is -1.11. The first-order chi connectivity index (χ1) is 9.05. The molecule has 2 rings (SSSR count). The van der Waals surface area contributed by atoms with E-state index < -0.39 is 5.54 Å². The molecule has 0 saturated heterocycles. The highest BCUT2D eigenvalue weighted by atomic mass is 32.2. The molecular weight excluding hydrogens is 278 g/mol. The average molecular weight is 295 g/mol. The minimum Gasteiger partial charge on any atom is -0.368 e. The average Bonchev–Trinajstić information content (AvgIpc) is 2.80. The van der Waals surface area contributed by atoms with E-state index in [4.69, 9.17) is 5.73 Å². The van der Waals surface area contributed by atoms with E-state index in [-0.39, 0.29) is 5.91 Å². The van der Waals surface area contributed by atoms with Crippen LogP contribution in [0.25, 0.3) is 10.2 Å². The third kappa shape index (κ3) is 3.26. The molecule has 1 aromatic heterocycles. The predicted octanol–water partition coefficient (Wildman–Crippen LogP) is 2.24. The number of fused-ring (bicyclic) bond motifs is 1. The summed E-state index contributed by atoms with van der Waals surface area (Å²) < 4.78 is 2.22. The molecule has 6 heteroatoms. The van der Waals surface area contributed by atoms with Gasteiger partial charge >= 0.3 is 0 Å². The van der Waals surface area contributed by atoms with Gasteiger partial charge in [-0.25, -0.2) is 4.98 Å². The van der Waals surface area contributed by atoms with Gasteiger partial charge in [-0.05, 0) is 32.5 Å². The second-order valence-electron chi connectivity index (χ2n) is 4.49. The molecule has 4 nitrogen and oxygen atoms in total. The standard InChI is InChI=1S/C13H17N3OS2/c1-13(15-2,11(14)17)7-8-18-12-16-9-5-3-4-6-10(9)19-12/h3-6,15H,7-8H2,1-2H3,(H2,14,17). The molecule has 2 aromatic rings. The van der Waals surface area contributed by atoms with Crippen LogP contribution < -0.4 is 11.1 Å². The van der Waals surface area contributed by atoms with Gasteiger partial charge in [0.1, 0.15) is 0 Å². The summed E-state index contributed by atoms with van der Waals surface area (Å²) >= 11 is 3.34. The Morgan fingerprint density at radius 2 is 2.26 bits per heavy atom. The number of amides is 1. The van der Waals surface area contributed by atoms with Crippen LogP contribution in [0.4, 0.5) is 0 Å². The molecule has 0 aliphatic heterocycles. The quantitative estimate of drug-likeness (QED) is 0.802. The van der Waals surface area contributed by atoms with Gasteiger partial charge in [-0.1, -0.05) is 23.9 Å². The van der Waals surface area contributed by atoms with Crippen molar-refractivity contribution in [2.24, 2.45) is 5.73 Å². The number of thiazole rings is 1. The van der Waals surface area contributed by atoms with E-state index in [0.717, 1.165) is 15.6 Å². The van der Waals surface area contributed by atoms with Crippen molar-refractivity contribution >= 4 is 39.2 Å². The topological polar surface area (TPSA) is 68.0 Å². The summed E-state index contributed by atoms with van der Waals surface area (Å²) in [5, 5.41) is 2.99. The van der Waals surface area contributed by atoms with Crippen LogP contribution in [0, 0.1) is 0 Å². The summed E-state index contributed by atoms with van der Waals surface area (Å²) in [4.78, 5) is 15.9.